The molecular formula is C32H63NO12. The Labute approximate surface area is 271 Å². The van der Waals surface area contributed by atoms with Crippen LogP contribution in [0.15, 0.2) is 0 Å². The number of carbonyl (C=O) groups is 2. The third-order valence-electron chi connectivity index (χ3n) is 6.66. The van der Waals surface area contributed by atoms with Crippen molar-refractivity contribution in [2.45, 2.75) is 64.4 Å². The van der Waals surface area contributed by atoms with Gasteiger partial charge in [-0.1, -0.05) is 6.92 Å². The maximum atomic E-state index is 12.2. The fourth-order valence-corrected chi connectivity index (χ4v) is 4.15. The van der Waals surface area contributed by atoms with Gasteiger partial charge in [-0.3, -0.25) is 4.79 Å². The number of hydrogen-bond donors (Lipinski definition) is 2. The standard InChI is InChI=1S/C32H63NO12/c1-3-14-38-16-18-40-20-22-42-24-26-44-28-29-45-27-25-43-23-21-41-19-17-39-15-11-33-32(36)9-7-30(5-4-12-34)6-8-31(37-2)10-13-35/h13,30-31,34H,3-12,14-29H2,1-2H3,(H,33,36). The van der Waals surface area contributed by atoms with Gasteiger partial charge >= 0.3 is 0 Å². The molecule has 45 heavy (non-hydrogen) atoms. The first-order valence-corrected chi connectivity index (χ1v) is 16.6. The normalized spacial score (nSPS) is 12.8. The minimum Gasteiger partial charge on any atom is -0.396 e. The molecule has 2 atom stereocenters. The number of carbonyl (C=O) groups excluding carboxylic acids is 2. The van der Waals surface area contributed by atoms with Crippen LogP contribution in [0.5, 0.6) is 0 Å². The lowest BCUT2D eigenvalue weighted by atomic mass is 9.91. The molecule has 0 spiro atoms. The van der Waals surface area contributed by atoms with Crippen molar-refractivity contribution in [2.75, 3.05) is 126 Å². The molecule has 0 aromatic heterocycles. The Balaban J connectivity index is 3.41. The van der Waals surface area contributed by atoms with Crippen LogP contribution >= 0.6 is 0 Å². The van der Waals surface area contributed by atoms with Crippen LogP contribution in [0.4, 0.5) is 0 Å². The first kappa shape index (κ1) is 43.7. The smallest absolute Gasteiger partial charge is 0.220 e. The van der Waals surface area contributed by atoms with Gasteiger partial charge < -0.3 is 57.8 Å². The van der Waals surface area contributed by atoms with Gasteiger partial charge in [0.1, 0.15) is 6.29 Å². The predicted octanol–water partition coefficient (Wildman–Crippen LogP) is 2.20. The van der Waals surface area contributed by atoms with E-state index in [1.54, 1.807) is 7.11 Å². The van der Waals surface area contributed by atoms with E-state index in [-0.39, 0.29) is 18.6 Å². The Morgan fingerprint density at radius 3 is 1.49 bits per heavy atom. The van der Waals surface area contributed by atoms with Crippen LogP contribution in [0.3, 0.4) is 0 Å². The largest absolute Gasteiger partial charge is 0.396 e. The molecule has 0 aromatic carbocycles. The first-order valence-electron chi connectivity index (χ1n) is 16.6. The summed E-state index contributed by atoms with van der Waals surface area (Å²) < 4.78 is 48.9. The summed E-state index contributed by atoms with van der Waals surface area (Å²) in [6.45, 7) is 11.0. The molecule has 0 radical (unpaired) electrons. The molecule has 0 rings (SSSR count). The van der Waals surface area contributed by atoms with E-state index in [0.717, 1.165) is 45.0 Å². The number of amides is 1. The van der Waals surface area contributed by atoms with Crippen LogP contribution in [0.25, 0.3) is 0 Å². The fraction of sp³-hybridized carbons (Fsp3) is 0.938. The molecule has 0 aliphatic rings. The van der Waals surface area contributed by atoms with Gasteiger partial charge in [0, 0.05) is 39.7 Å². The van der Waals surface area contributed by atoms with Gasteiger partial charge in [-0.05, 0) is 44.4 Å². The number of aldehydes is 1. The van der Waals surface area contributed by atoms with Crippen molar-refractivity contribution in [3.05, 3.63) is 0 Å². The number of ether oxygens (including phenoxy) is 9. The van der Waals surface area contributed by atoms with Crippen molar-refractivity contribution in [2.24, 2.45) is 5.92 Å². The number of nitrogens with one attached hydrogen (secondary N) is 1. The Kier molecular flexibility index (Phi) is 36.2. The number of aliphatic hydroxyl groups is 1. The lowest BCUT2D eigenvalue weighted by Gasteiger charge is -2.19. The van der Waals surface area contributed by atoms with E-state index < -0.39 is 0 Å². The van der Waals surface area contributed by atoms with Crippen LogP contribution in [0.2, 0.25) is 0 Å². The molecular weight excluding hydrogens is 590 g/mol. The van der Waals surface area contributed by atoms with Crippen molar-refractivity contribution < 1.29 is 57.3 Å². The second-order valence-electron chi connectivity index (χ2n) is 10.4. The SMILES string of the molecule is CCCOCCOCCOCCOCCOCCOCCOCCOCCNC(=O)CCC(CCCO)CCC(CC=O)OC. The van der Waals surface area contributed by atoms with Crippen LogP contribution in [-0.2, 0) is 52.2 Å². The third kappa shape index (κ3) is 33.9. The predicted molar refractivity (Wildman–Crippen MR) is 170 cm³/mol. The Morgan fingerprint density at radius 1 is 0.644 bits per heavy atom. The second-order valence-corrected chi connectivity index (χ2v) is 10.4. The summed E-state index contributed by atoms with van der Waals surface area (Å²) in [5, 5.41) is 12.0. The molecule has 1 amide bonds. The summed E-state index contributed by atoms with van der Waals surface area (Å²) in [6, 6.07) is 0. The van der Waals surface area contributed by atoms with E-state index in [1.165, 1.54) is 0 Å². The Bertz CT molecular complexity index is 617. The highest BCUT2D eigenvalue weighted by molar-refractivity contribution is 5.75. The van der Waals surface area contributed by atoms with Crippen LogP contribution in [0, 0.1) is 5.92 Å². The van der Waals surface area contributed by atoms with Crippen molar-refractivity contribution in [3.63, 3.8) is 0 Å². The summed E-state index contributed by atoms with van der Waals surface area (Å²) in [4.78, 5) is 22.9. The van der Waals surface area contributed by atoms with E-state index in [1.807, 2.05) is 0 Å². The minimum atomic E-state index is -0.0900. The first-order chi connectivity index (χ1) is 22.2. The summed E-state index contributed by atoms with van der Waals surface area (Å²) in [6.07, 6.45) is 6.52. The van der Waals surface area contributed by atoms with Gasteiger partial charge in [0.15, 0.2) is 0 Å². The van der Waals surface area contributed by atoms with Gasteiger partial charge in [-0.15, -0.1) is 0 Å². The monoisotopic (exact) mass is 653 g/mol. The van der Waals surface area contributed by atoms with E-state index in [9.17, 15) is 9.59 Å². The zero-order chi connectivity index (χ0) is 32.9. The molecule has 0 heterocycles. The zero-order valence-electron chi connectivity index (χ0n) is 28.1. The minimum absolute atomic E-state index is 0.0136. The lowest BCUT2D eigenvalue weighted by molar-refractivity contribution is -0.121. The molecule has 0 fully saturated rings. The van der Waals surface area contributed by atoms with E-state index in [2.05, 4.69) is 12.2 Å². The summed E-state index contributed by atoms with van der Waals surface area (Å²) >= 11 is 0. The molecule has 0 saturated heterocycles. The van der Waals surface area contributed by atoms with E-state index in [4.69, 9.17) is 47.7 Å². The average molecular weight is 654 g/mol. The van der Waals surface area contributed by atoms with Crippen LogP contribution < -0.4 is 5.32 Å². The number of aliphatic hydroxyl groups excluding tert-OH is 1. The highest BCUT2D eigenvalue weighted by Gasteiger charge is 2.15. The molecule has 2 unspecified atom stereocenters. The van der Waals surface area contributed by atoms with Crippen molar-refractivity contribution in [3.8, 4) is 0 Å². The maximum absolute atomic E-state index is 12.2. The number of rotatable bonds is 38. The Morgan fingerprint density at radius 2 is 1.09 bits per heavy atom. The highest BCUT2D eigenvalue weighted by atomic mass is 16.6. The highest BCUT2D eigenvalue weighted by Crippen LogP contribution is 2.21. The molecule has 0 bridgehead atoms. The van der Waals surface area contributed by atoms with Gasteiger partial charge in [0.25, 0.3) is 0 Å². The maximum Gasteiger partial charge on any atom is 0.220 e. The topological polar surface area (TPSA) is 149 Å². The summed E-state index contributed by atoms with van der Waals surface area (Å²) in [5.74, 6) is 0.297. The molecule has 268 valence electrons. The molecule has 13 heteroatoms. The van der Waals surface area contributed by atoms with E-state index >= 15 is 0 Å². The molecule has 0 aliphatic carbocycles. The number of methoxy groups -OCH3 is 1. The molecule has 13 nitrogen and oxygen atoms in total. The molecule has 2 N–H and O–H groups in total. The fourth-order valence-electron chi connectivity index (χ4n) is 4.15. The third-order valence-corrected chi connectivity index (χ3v) is 6.66. The van der Waals surface area contributed by atoms with Gasteiger partial charge in [0.2, 0.25) is 5.91 Å². The summed E-state index contributed by atoms with van der Waals surface area (Å²) in [7, 11) is 1.61. The van der Waals surface area contributed by atoms with Gasteiger partial charge in [-0.2, -0.15) is 0 Å². The van der Waals surface area contributed by atoms with Crippen molar-refractivity contribution in [1.82, 2.24) is 5.32 Å². The average Bonchev–Trinajstić information content (AvgIpc) is 3.05. The van der Waals surface area contributed by atoms with Crippen LogP contribution in [-0.4, -0.2) is 149 Å². The van der Waals surface area contributed by atoms with Gasteiger partial charge in [0.05, 0.1) is 105 Å². The van der Waals surface area contributed by atoms with Gasteiger partial charge in [-0.25, -0.2) is 0 Å². The zero-order valence-corrected chi connectivity index (χ0v) is 28.1. The molecule has 0 aromatic rings. The van der Waals surface area contributed by atoms with Crippen LogP contribution in [0.1, 0.15) is 58.3 Å². The van der Waals surface area contributed by atoms with Crippen molar-refractivity contribution in [1.29, 1.82) is 0 Å². The number of hydrogen-bond acceptors (Lipinski definition) is 12. The lowest BCUT2D eigenvalue weighted by Crippen LogP contribution is -2.28. The van der Waals surface area contributed by atoms with Crippen molar-refractivity contribution >= 4 is 12.2 Å². The Hall–Kier alpha value is -1.26. The molecule has 0 saturated carbocycles. The quantitative estimate of drug-likeness (QED) is 0.0743. The van der Waals surface area contributed by atoms with E-state index in [0.29, 0.717) is 131 Å². The second kappa shape index (κ2) is 37.2. The summed E-state index contributed by atoms with van der Waals surface area (Å²) in [5.41, 5.74) is 0. The molecule has 0 aliphatic heterocycles.